The van der Waals surface area contributed by atoms with Crippen molar-refractivity contribution in [2.45, 2.75) is 6.61 Å². The highest BCUT2D eigenvalue weighted by Gasteiger charge is 1.97. The van der Waals surface area contributed by atoms with E-state index in [2.05, 4.69) is 0 Å². The van der Waals surface area contributed by atoms with Crippen LogP contribution >= 0.6 is 23.2 Å². The van der Waals surface area contributed by atoms with Gasteiger partial charge in [0.15, 0.2) is 0 Å². The van der Waals surface area contributed by atoms with Crippen molar-refractivity contribution in [2.75, 3.05) is 12.5 Å². The summed E-state index contributed by atoms with van der Waals surface area (Å²) in [5, 5.41) is 0.743. The molecule has 0 aliphatic rings. The third-order valence-corrected chi connectivity index (χ3v) is 1.96. The molecule has 1 aromatic carbocycles. The molecule has 0 radical (unpaired) electrons. The number of benzene rings is 1. The summed E-state index contributed by atoms with van der Waals surface area (Å²) >= 11 is 11.3. The number of hydrogen-bond acceptors (Lipinski definition) is 1. The van der Waals surface area contributed by atoms with Crippen molar-refractivity contribution < 1.29 is 4.74 Å². The summed E-state index contributed by atoms with van der Waals surface area (Å²) in [6, 6.07) is 7.62. The topological polar surface area (TPSA) is 9.23 Å². The minimum atomic E-state index is 0.518. The standard InChI is InChI=1S/C9H10Cl2O/c10-5-6-12-7-8-3-1-2-4-9(8)11/h1-4H,5-7H2. The maximum atomic E-state index is 5.89. The van der Waals surface area contributed by atoms with Crippen molar-refractivity contribution in [1.82, 2.24) is 0 Å². The monoisotopic (exact) mass is 204 g/mol. The number of ether oxygens (including phenoxy) is 1. The average Bonchev–Trinajstić information content (AvgIpc) is 2.09. The van der Waals surface area contributed by atoms with Crippen LogP contribution in [0.2, 0.25) is 5.02 Å². The SMILES string of the molecule is ClCCOCc1ccccc1Cl. The molecule has 0 unspecified atom stereocenters. The molecule has 0 atom stereocenters. The Bertz CT molecular complexity index is 238. The van der Waals surface area contributed by atoms with Crippen LogP contribution in [0.5, 0.6) is 0 Å². The summed E-state index contributed by atoms with van der Waals surface area (Å²) in [5.41, 5.74) is 1.00. The zero-order chi connectivity index (χ0) is 8.81. The molecule has 0 spiro atoms. The van der Waals surface area contributed by atoms with Crippen LogP contribution < -0.4 is 0 Å². The van der Waals surface area contributed by atoms with Crippen LogP contribution in [-0.2, 0) is 11.3 Å². The molecule has 1 nitrogen and oxygen atoms in total. The van der Waals surface area contributed by atoms with Crippen molar-refractivity contribution in [3.8, 4) is 0 Å². The van der Waals surface area contributed by atoms with Crippen LogP contribution in [0.3, 0.4) is 0 Å². The fourth-order valence-electron chi connectivity index (χ4n) is 0.852. The summed E-state index contributed by atoms with van der Waals surface area (Å²) < 4.78 is 5.23. The lowest BCUT2D eigenvalue weighted by Gasteiger charge is -2.03. The first kappa shape index (κ1) is 9.85. The fraction of sp³-hybridized carbons (Fsp3) is 0.333. The Kier molecular flexibility index (Phi) is 4.44. The third kappa shape index (κ3) is 3.02. The first-order valence-corrected chi connectivity index (χ1v) is 4.63. The molecule has 0 heterocycles. The quantitative estimate of drug-likeness (QED) is 0.542. The molecule has 0 bridgehead atoms. The van der Waals surface area contributed by atoms with Crippen LogP contribution in [0.4, 0.5) is 0 Å². The summed E-state index contributed by atoms with van der Waals surface area (Å²) in [5.74, 6) is 0.518. The van der Waals surface area contributed by atoms with Gasteiger partial charge < -0.3 is 4.74 Å². The van der Waals surface area contributed by atoms with Crippen molar-refractivity contribution in [3.05, 3.63) is 34.9 Å². The first-order valence-electron chi connectivity index (χ1n) is 3.71. The minimum Gasteiger partial charge on any atom is -0.375 e. The minimum absolute atomic E-state index is 0.518. The Balaban J connectivity index is 2.46. The predicted octanol–water partition coefficient (Wildman–Crippen LogP) is 3.10. The molecular weight excluding hydrogens is 195 g/mol. The van der Waals surface area contributed by atoms with E-state index < -0.39 is 0 Å². The number of hydrogen-bond donors (Lipinski definition) is 0. The van der Waals surface area contributed by atoms with Crippen LogP contribution in [0.15, 0.2) is 24.3 Å². The van der Waals surface area contributed by atoms with Crippen LogP contribution in [0.25, 0.3) is 0 Å². The highest BCUT2D eigenvalue weighted by atomic mass is 35.5. The van der Waals surface area contributed by atoms with Crippen LogP contribution in [-0.4, -0.2) is 12.5 Å². The van der Waals surface area contributed by atoms with Gasteiger partial charge in [0.1, 0.15) is 0 Å². The largest absolute Gasteiger partial charge is 0.375 e. The molecule has 1 rings (SSSR count). The number of halogens is 2. The van der Waals surface area contributed by atoms with Gasteiger partial charge in [-0.05, 0) is 11.6 Å². The highest BCUT2D eigenvalue weighted by Crippen LogP contribution is 2.15. The van der Waals surface area contributed by atoms with Crippen molar-refractivity contribution >= 4 is 23.2 Å². The van der Waals surface area contributed by atoms with E-state index in [1.54, 1.807) is 0 Å². The van der Waals surface area contributed by atoms with E-state index in [0.717, 1.165) is 10.6 Å². The van der Waals surface area contributed by atoms with Crippen molar-refractivity contribution in [1.29, 1.82) is 0 Å². The molecule has 0 saturated carbocycles. The van der Waals surface area contributed by atoms with Crippen molar-refractivity contribution in [3.63, 3.8) is 0 Å². The molecule has 0 aromatic heterocycles. The van der Waals surface area contributed by atoms with Gasteiger partial charge in [-0.3, -0.25) is 0 Å². The molecule has 0 fully saturated rings. The Hall–Kier alpha value is -0.240. The Morgan fingerprint density at radius 3 is 2.67 bits per heavy atom. The van der Waals surface area contributed by atoms with Gasteiger partial charge in [-0.2, -0.15) is 0 Å². The lowest BCUT2D eigenvalue weighted by Crippen LogP contribution is -1.96. The van der Waals surface area contributed by atoms with Crippen molar-refractivity contribution in [2.24, 2.45) is 0 Å². The molecule has 12 heavy (non-hydrogen) atoms. The van der Waals surface area contributed by atoms with Crippen LogP contribution in [0.1, 0.15) is 5.56 Å². The lowest BCUT2D eigenvalue weighted by atomic mass is 10.2. The second kappa shape index (κ2) is 5.41. The van der Waals surface area contributed by atoms with E-state index in [1.807, 2.05) is 24.3 Å². The Labute approximate surface area is 82.2 Å². The molecule has 0 saturated heterocycles. The smallest absolute Gasteiger partial charge is 0.0731 e. The van der Waals surface area contributed by atoms with Gasteiger partial charge >= 0.3 is 0 Å². The third-order valence-electron chi connectivity index (χ3n) is 1.44. The number of rotatable bonds is 4. The van der Waals surface area contributed by atoms with E-state index in [9.17, 15) is 0 Å². The van der Waals surface area contributed by atoms with Crippen LogP contribution in [0, 0.1) is 0 Å². The molecule has 66 valence electrons. The first-order chi connectivity index (χ1) is 5.84. The van der Waals surface area contributed by atoms with E-state index in [1.165, 1.54) is 0 Å². The fourth-order valence-corrected chi connectivity index (χ4v) is 1.15. The Morgan fingerprint density at radius 2 is 2.00 bits per heavy atom. The summed E-state index contributed by atoms with van der Waals surface area (Å²) in [6.45, 7) is 1.10. The highest BCUT2D eigenvalue weighted by molar-refractivity contribution is 6.31. The zero-order valence-electron chi connectivity index (χ0n) is 6.59. The molecule has 0 N–H and O–H groups in total. The van der Waals surface area contributed by atoms with Gasteiger partial charge in [0.25, 0.3) is 0 Å². The van der Waals surface area contributed by atoms with E-state index in [0.29, 0.717) is 19.1 Å². The predicted molar refractivity (Wildman–Crippen MR) is 51.8 cm³/mol. The van der Waals surface area contributed by atoms with E-state index in [-0.39, 0.29) is 0 Å². The average molecular weight is 205 g/mol. The van der Waals surface area contributed by atoms with Gasteiger partial charge in [-0.1, -0.05) is 29.8 Å². The maximum absolute atomic E-state index is 5.89. The maximum Gasteiger partial charge on any atom is 0.0731 e. The molecule has 3 heteroatoms. The summed E-state index contributed by atoms with van der Waals surface area (Å²) in [6.07, 6.45) is 0. The van der Waals surface area contributed by atoms with Gasteiger partial charge in [0.2, 0.25) is 0 Å². The lowest BCUT2D eigenvalue weighted by molar-refractivity contribution is 0.136. The summed E-state index contributed by atoms with van der Waals surface area (Å²) in [7, 11) is 0. The van der Waals surface area contributed by atoms with Gasteiger partial charge in [-0.15, -0.1) is 11.6 Å². The van der Waals surface area contributed by atoms with E-state index in [4.69, 9.17) is 27.9 Å². The molecule has 0 aliphatic heterocycles. The normalized spacial score (nSPS) is 10.2. The second-order valence-electron chi connectivity index (χ2n) is 2.33. The van der Waals surface area contributed by atoms with Gasteiger partial charge in [0, 0.05) is 10.9 Å². The van der Waals surface area contributed by atoms with E-state index >= 15 is 0 Å². The summed E-state index contributed by atoms with van der Waals surface area (Å²) in [4.78, 5) is 0. The number of alkyl halides is 1. The second-order valence-corrected chi connectivity index (χ2v) is 3.12. The van der Waals surface area contributed by atoms with Gasteiger partial charge in [-0.25, -0.2) is 0 Å². The molecule has 0 amide bonds. The van der Waals surface area contributed by atoms with Gasteiger partial charge in [0.05, 0.1) is 13.2 Å². The zero-order valence-corrected chi connectivity index (χ0v) is 8.11. The molecule has 1 aromatic rings. The molecular formula is C9H10Cl2O. The molecule has 0 aliphatic carbocycles. The Morgan fingerprint density at radius 1 is 1.25 bits per heavy atom.